The molecule has 4 nitrogen and oxygen atoms in total. The molecule has 0 atom stereocenters. The molecule has 28 heavy (non-hydrogen) atoms. The van der Waals surface area contributed by atoms with E-state index in [9.17, 15) is 9.59 Å². The van der Waals surface area contributed by atoms with E-state index in [0.29, 0.717) is 16.2 Å². The molecule has 0 fully saturated rings. The van der Waals surface area contributed by atoms with Gasteiger partial charge >= 0.3 is 5.97 Å². The van der Waals surface area contributed by atoms with Gasteiger partial charge in [-0.15, -0.1) is 11.3 Å². The summed E-state index contributed by atoms with van der Waals surface area (Å²) in [4.78, 5) is 24.3. The molecule has 0 saturated heterocycles. The molecule has 1 aromatic carbocycles. The van der Waals surface area contributed by atoms with Crippen molar-refractivity contribution in [1.82, 2.24) is 0 Å². The van der Waals surface area contributed by atoms with E-state index in [2.05, 4.69) is 30.7 Å². The van der Waals surface area contributed by atoms with Gasteiger partial charge in [-0.1, -0.05) is 44.4 Å². The number of hydrogen-bond donors (Lipinski definition) is 0. The first kappa shape index (κ1) is 21.9. The number of carbonyl (C=O) groups excluding carboxylic acids is 2. The molecule has 0 saturated carbocycles. The van der Waals surface area contributed by atoms with E-state index in [1.807, 2.05) is 18.2 Å². The maximum absolute atomic E-state index is 12.3. The second-order valence-electron chi connectivity index (χ2n) is 6.67. The minimum atomic E-state index is -0.444. The Morgan fingerprint density at radius 2 is 1.96 bits per heavy atom. The average molecular weight is 401 g/mol. The molecule has 0 aliphatic rings. The van der Waals surface area contributed by atoms with Crippen molar-refractivity contribution in [1.29, 1.82) is 0 Å². The second-order valence-corrected chi connectivity index (χ2v) is 7.58. The third-order valence-corrected chi connectivity index (χ3v) is 5.41. The fourth-order valence-electron chi connectivity index (χ4n) is 2.71. The Hall–Kier alpha value is -2.40. The number of hydrogen-bond acceptors (Lipinski definition) is 5. The zero-order valence-corrected chi connectivity index (χ0v) is 17.6. The molecule has 0 bridgehead atoms. The van der Waals surface area contributed by atoms with Crippen molar-refractivity contribution in [2.45, 2.75) is 46.0 Å². The lowest BCUT2D eigenvalue weighted by molar-refractivity contribution is 0.0601. The zero-order chi connectivity index (χ0) is 20.4. The number of ether oxygens (including phenoxy) is 2. The van der Waals surface area contributed by atoms with Crippen LogP contribution in [-0.4, -0.2) is 25.5 Å². The number of aryl methyl sites for hydroxylation is 1. The first-order valence-corrected chi connectivity index (χ1v) is 10.5. The maximum atomic E-state index is 12.3. The highest BCUT2D eigenvalue weighted by Gasteiger charge is 2.14. The van der Waals surface area contributed by atoms with Crippen LogP contribution >= 0.6 is 11.3 Å². The van der Waals surface area contributed by atoms with Crippen molar-refractivity contribution >= 4 is 29.2 Å². The minimum Gasteiger partial charge on any atom is -0.485 e. The van der Waals surface area contributed by atoms with E-state index in [1.165, 1.54) is 49.7 Å². The van der Waals surface area contributed by atoms with Gasteiger partial charge in [-0.3, -0.25) is 4.79 Å². The number of esters is 1. The normalized spacial score (nSPS) is 11.0. The van der Waals surface area contributed by atoms with Crippen LogP contribution in [0.25, 0.3) is 6.08 Å². The van der Waals surface area contributed by atoms with E-state index in [-0.39, 0.29) is 12.4 Å². The van der Waals surface area contributed by atoms with E-state index >= 15 is 0 Å². The molecule has 5 heteroatoms. The van der Waals surface area contributed by atoms with Gasteiger partial charge in [0.05, 0.1) is 17.6 Å². The highest BCUT2D eigenvalue weighted by Crippen LogP contribution is 2.21. The molecular formula is C23H28O4S. The number of rotatable bonds is 11. The Morgan fingerprint density at radius 1 is 1.14 bits per heavy atom. The fraction of sp³-hybridized carbons (Fsp3) is 0.391. The zero-order valence-electron chi connectivity index (χ0n) is 16.8. The van der Waals surface area contributed by atoms with Crippen LogP contribution in [-0.2, 0) is 4.74 Å². The van der Waals surface area contributed by atoms with Crippen LogP contribution in [0.2, 0.25) is 0 Å². The summed E-state index contributed by atoms with van der Waals surface area (Å²) in [5, 5.41) is 1.62. The Morgan fingerprint density at radius 3 is 2.71 bits per heavy atom. The molecule has 1 heterocycles. The number of ketones is 1. The number of benzene rings is 1. The van der Waals surface area contributed by atoms with Crippen LogP contribution in [0.4, 0.5) is 0 Å². The summed E-state index contributed by atoms with van der Waals surface area (Å²) >= 11 is 1.22. The Labute approximate surface area is 171 Å². The SMILES string of the molecule is CCCCCCC=Cc1cc(OCC(=O)c2cc(C(=O)OC)cs2)ccc1C. The van der Waals surface area contributed by atoms with Gasteiger partial charge in [-0.25, -0.2) is 4.79 Å². The lowest BCUT2D eigenvalue weighted by Gasteiger charge is -2.08. The molecule has 0 unspecified atom stereocenters. The van der Waals surface area contributed by atoms with Gasteiger partial charge < -0.3 is 9.47 Å². The van der Waals surface area contributed by atoms with Crippen molar-refractivity contribution in [2.24, 2.45) is 0 Å². The van der Waals surface area contributed by atoms with E-state index in [4.69, 9.17) is 4.74 Å². The third-order valence-electron chi connectivity index (χ3n) is 4.44. The summed E-state index contributed by atoms with van der Waals surface area (Å²) < 4.78 is 10.3. The van der Waals surface area contributed by atoms with Crippen LogP contribution in [0.3, 0.4) is 0 Å². The fourth-order valence-corrected chi connectivity index (χ4v) is 3.52. The number of thiophene rings is 1. The smallest absolute Gasteiger partial charge is 0.338 e. The summed E-state index contributed by atoms with van der Waals surface area (Å²) in [6.45, 7) is 4.21. The number of carbonyl (C=O) groups is 2. The molecule has 0 amide bonds. The molecule has 0 N–H and O–H groups in total. The van der Waals surface area contributed by atoms with E-state index in [0.717, 1.165) is 12.0 Å². The van der Waals surface area contributed by atoms with Gasteiger partial charge in [0.2, 0.25) is 5.78 Å². The average Bonchev–Trinajstić information content (AvgIpc) is 3.20. The van der Waals surface area contributed by atoms with Crippen molar-refractivity contribution in [3.63, 3.8) is 0 Å². The minimum absolute atomic E-state index is 0.0651. The number of methoxy groups -OCH3 is 1. The molecule has 0 aliphatic heterocycles. The van der Waals surface area contributed by atoms with Gasteiger partial charge in [-0.05, 0) is 49.1 Å². The third kappa shape index (κ3) is 6.64. The van der Waals surface area contributed by atoms with Crippen LogP contribution in [0.1, 0.15) is 70.2 Å². The summed E-state index contributed by atoms with van der Waals surface area (Å²) in [5.41, 5.74) is 2.66. The molecule has 2 aromatic rings. The summed E-state index contributed by atoms with van der Waals surface area (Å²) in [7, 11) is 1.32. The maximum Gasteiger partial charge on any atom is 0.338 e. The lowest BCUT2D eigenvalue weighted by Crippen LogP contribution is -2.10. The topological polar surface area (TPSA) is 52.6 Å². The van der Waals surface area contributed by atoms with Gasteiger partial charge in [0.25, 0.3) is 0 Å². The van der Waals surface area contributed by atoms with Crippen molar-refractivity contribution in [3.8, 4) is 5.75 Å². The number of unbranched alkanes of at least 4 members (excludes halogenated alkanes) is 4. The summed E-state index contributed by atoms with van der Waals surface area (Å²) in [6, 6.07) is 7.37. The van der Waals surface area contributed by atoms with E-state index in [1.54, 1.807) is 11.4 Å². The highest BCUT2D eigenvalue weighted by atomic mass is 32.1. The Kier molecular flexibility index (Phi) is 8.95. The van der Waals surface area contributed by atoms with Crippen molar-refractivity contribution in [3.05, 3.63) is 57.3 Å². The lowest BCUT2D eigenvalue weighted by atomic mass is 10.1. The van der Waals surface area contributed by atoms with Gasteiger partial charge in [0, 0.05) is 5.38 Å². The molecule has 2 rings (SSSR count). The first-order chi connectivity index (χ1) is 13.5. The number of allylic oxidation sites excluding steroid dienone is 1. The van der Waals surface area contributed by atoms with Crippen molar-refractivity contribution < 1.29 is 19.1 Å². The molecule has 1 aromatic heterocycles. The Bertz CT molecular complexity index is 820. The summed E-state index contributed by atoms with van der Waals surface area (Å²) in [6.07, 6.45) is 10.4. The van der Waals surface area contributed by atoms with Crippen LogP contribution in [0, 0.1) is 6.92 Å². The van der Waals surface area contributed by atoms with E-state index < -0.39 is 5.97 Å². The number of Topliss-reactive ketones (excluding diaryl/α,β-unsaturated/α-hetero) is 1. The molecule has 0 spiro atoms. The standard InChI is InChI=1S/C23H28O4S/c1-4-5-6-7-8-9-10-18-13-20(12-11-17(18)2)27-15-21(24)22-14-19(16-28-22)23(25)26-3/h9-14,16H,4-8,15H2,1-3H3. The van der Waals surface area contributed by atoms with Crippen LogP contribution in [0.5, 0.6) is 5.75 Å². The van der Waals surface area contributed by atoms with Gasteiger partial charge in [0.15, 0.2) is 6.61 Å². The van der Waals surface area contributed by atoms with Gasteiger partial charge in [0.1, 0.15) is 5.75 Å². The molecule has 150 valence electrons. The summed E-state index contributed by atoms with van der Waals surface area (Å²) in [5.74, 6) is 0.0592. The van der Waals surface area contributed by atoms with Crippen molar-refractivity contribution in [2.75, 3.05) is 13.7 Å². The highest BCUT2D eigenvalue weighted by molar-refractivity contribution is 7.12. The molecule has 0 radical (unpaired) electrons. The first-order valence-electron chi connectivity index (χ1n) is 9.65. The quantitative estimate of drug-likeness (QED) is 0.260. The predicted octanol–water partition coefficient (Wildman–Crippen LogP) is 6.09. The predicted molar refractivity (Wildman–Crippen MR) is 114 cm³/mol. The second kappa shape index (κ2) is 11.4. The molecule has 0 aliphatic carbocycles. The van der Waals surface area contributed by atoms with Gasteiger partial charge in [-0.2, -0.15) is 0 Å². The van der Waals surface area contributed by atoms with Crippen LogP contribution in [0.15, 0.2) is 35.7 Å². The monoisotopic (exact) mass is 400 g/mol. The Balaban J connectivity index is 1.91. The largest absolute Gasteiger partial charge is 0.485 e. The van der Waals surface area contributed by atoms with Crippen LogP contribution < -0.4 is 4.74 Å². The molecular weight excluding hydrogens is 372 g/mol.